The van der Waals surface area contributed by atoms with E-state index in [0.29, 0.717) is 5.75 Å². The minimum Gasteiger partial charge on any atom is -0.611 e. The van der Waals surface area contributed by atoms with E-state index in [4.69, 9.17) is 0 Å². The van der Waals surface area contributed by atoms with Crippen molar-refractivity contribution >= 4 is 17.0 Å². The molecule has 4 nitrogen and oxygen atoms in total. The molecule has 2 heterocycles. The fraction of sp³-hybridized carbons (Fsp3) is 0.200. The van der Waals surface area contributed by atoms with E-state index in [9.17, 15) is 8.94 Å². The van der Waals surface area contributed by atoms with Crippen molar-refractivity contribution in [3.05, 3.63) is 72.4 Å². The third kappa shape index (κ3) is 4.39. The zero-order valence-corrected chi connectivity index (χ0v) is 15.5. The molecule has 3 aromatic rings. The summed E-state index contributed by atoms with van der Waals surface area (Å²) in [4.78, 5) is 9.34. The molecule has 26 heavy (non-hydrogen) atoms. The average Bonchev–Trinajstić information content (AvgIpc) is 2.68. The van der Waals surface area contributed by atoms with Crippen molar-refractivity contribution in [2.24, 2.45) is 0 Å². The third-order valence-electron chi connectivity index (χ3n) is 4.07. The molecule has 0 amide bonds. The summed E-state index contributed by atoms with van der Waals surface area (Å²) in [5, 5.41) is 3.30. The van der Waals surface area contributed by atoms with E-state index in [1.165, 1.54) is 12.1 Å². The van der Waals surface area contributed by atoms with Gasteiger partial charge in [0.1, 0.15) is 17.4 Å². The van der Waals surface area contributed by atoms with Gasteiger partial charge >= 0.3 is 0 Å². The number of rotatable bonds is 6. The zero-order chi connectivity index (χ0) is 18.5. The SMILES string of the molecule is CC[S+]([O-])c1cncc(-c2ccc(N[C@H](C)c3ccc(F)cc3)nc2)c1. The standard InChI is InChI=1S/C20H20FN3OS/c1-3-26(25)19-10-17(11-22-13-19)16-6-9-20(23-12-16)24-14(2)15-4-7-18(21)8-5-15/h4-14H,3H2,1-2H3,(H,23,24)/t14-,26?/m1/s1. The van der Waals surface area contributed by atoms with Crippen molar-refractivity contribution in [3.8, 4) is 11.1 Å². The lowest BCUT2D eigenvalue weighted by molar-refractivity contribution is 0.596. The van der Waals surface area contributed by atoms with Crippen LogP contribution >= 0.6 is 0 Å². The third-order valence-corrected chi connectivity index (χ3v) is 5.34. The molecule has 2 atom stereocenters. The number of nitrogens with one attached hydrogen (secondary N) is 1. The molecule has 0 bridgehead atoms. The van der Waals surface area contributed by atoms with E-state index in [1.54, 1.807) is 30.7 Å². The van der Waals surface area contributed by atoms with Gasteiger partial charge in [-0.3, -0.25) is 4.98 Å². The van der Waals surface area contributed by atoms with Crippen LogP contribution in [0.1, 0.15) is 25.5 Å². The van der Waals surface area contributed by atoms with E-state index in [1.807, 2.05) is 32.0 Å². The summed E-state index contributed by atoms with van der Waals surface area (Å²) in [5.41, 5.74) is 2.78. The van der Waals surface area contributed by atoms with Gasteiger partial charge < -0.3 is 9.87 Å². The summed E-state index contributed by atoms with van der Waals surface area (Å²) in [6.45, 7) is 3.88. The first kappa shape index (κ1) is 18.4. The Balaban J connectivity index is 1.73. The predicted molar refractivity (Wildman–Crippen MR) is 103 cm³/mol. The van der Waals surface area contributed by atoms with Crippen molar-refractivity contribution in [1.82, 2.24) is 9.97 Å². The normalized spacial score (nSPS) is 13.2. The van der Waals surface area contributed by atoms with Crippen LogP contribution in [0.2, 0.25) is 0 Å². The van der Waals surface area contributed by atoms with E-state index in [-0.39, 0.29) is 11.9 Å². The fourth-order valence-electron chi connectivity index (χ4n) is 2.57. The molecule has 0 aliphatic carbocycles. The van der Waals surface area contributed by atoms with Crippen LogP contribution < -0.4 is 5.32 Å². The van der Waals surface area contributed by atoms with E-state index >= 15 is 0 Å². The number of hydrogen-bond donors (Lipinski definition) is 1. The van der Waals surface area contributed by atoms with Crippen molar-refractivity contribution in [2.45, 2.75) is 24.8 Å². The number of halogens is 1. The Bertz CT molecular complexity index is 856. The summed E-state index contributed by atoms with van der Waals surface area (Å²) in [6.07, 6.45) is 5.13. The van der Waals surface area contributed by atoms with Crippen LogP contribution in [0.25, 0.3) is 11.1 Å². The molecular formula is C20H20FN3OS. The monoisotopic (exact) mass is 369 g/mol. The number of anilines is 1. The molecule has 0 aliphatic heterocycles. The number of hydrogen-bond acceptors (Lipinski definition) is 4. The van der Waals surface area contributed by atoms with Crippen LogP contribution in [0.15, 0.2) is 66.0 Å². The molecule has 1 aromatic carbocycles. The Morgan fingerprint density at radius 1 is 1.08 bits per heavy atom. The largest absolute Gasteiger partial charge is 0.611 e. The smallest absolute Gasteiger partial charge is 0.171 e. The molecule has 0 fully saturated rings. The molecule has 0 saturated carbocycles. The second kappa shape index (κ2) is 8.29. The second-order valence-corrected chi connectivity index (χ2v) is 7.63. The first-order valence-corrected chi connectivity index (χ1v) is 9.70. The van der Waals surface area contributed by atoms with E-state index in [2.05, 4.69) is 15.3 Å². The van der Waals surface area contributed by atoms with Gasteiger partial charge in [0, 0.05) is 35.6 Å². The van der Waals surface area contributed by atoms with Crippen molar-refractivity contribution in [1.29, 1.82) is 0 Å². The summed E-state index contributed by atoms with van der Waals surface area (Å²) >= 11 is -1.03. The highest BCUT2D eigenvalue weighted by Gasteiger charge is 2.11. The van der Waals surface area contributed by atoms with Crippen LogP contribution in [0, 0.1) is 5.82 Å². The first-order valence-electron chi connectivity index (χ1n) is 8.38. The molecule has 1 N–H and O–H groups in total. The number of pyridine rings is 2. The Labute approximate surface area is 155 Å². The average molecular weight is 369 g/mol. The van der Waals surface area contributed by atoms with Crippen LogP contribution in [0.4, 0.5) is 10.2 Å². The van der Waals surface area contributed by atoms with Gasteiger partial charge in [-0.15, -0.1) is 0 Å². The summed E-state index contributed by atoms with van der Waals surface area (Å²) in [6, 6.07) is 12.1. The summed E-state index contributed by atoms with van der Waals surface area (Å²) in [7, 11) is 0. The van der Waals surface area contributed by atoms with Gasteiger partial charge in [0.25, 0.3) is 0 Å². The minimum absolute atomic E-state index is 0.00548. The predicted octanol–water partition coefficient (Wildman–Crippen LogP) is 4.58. The summed E-state index contributed by atoms with van der Waals surface area (Å²) < 4.78 is 25.0. The Hall–Kier alpha value is -2.44. The van der Waals surface area contributed by atoms with Gasteiger partial charge in [-0.1, -0.05) is 12.1 Å². The molecule has 6 heteroatoms. The number of benzene rings is 1. The molecule has 1 unspecified atom stereocenters. The molecule has 0 radical (unpaired) electrons. The Morgan fingerprint density at radius 3 is 2.50 bits per heavy atom. The van der Waals surface area contributed by atoms with Crippen LogP contribution in [0.3, 0.4) is 0 Å². The van der Waals surface area contributed by atoms with Gasteiger partial charge in [0.05, 0.1) is 6.20 Å². The first-order chi connectivity index (χ1) is 12.6. The molecule has 3 rings (SSSR count). The van der Waals surface area contributed by atoms with Gasteiger partial charge in [0.2, 0.25) is 0 Å². The molecule has 0 saturated heterocycles. The van der Waals surface area contributed by atoms with Crippen LogP contribution in [-0.4, -0.2) is 20.3 Å². The lowest BCUT2D eigenvalue weighted by Gasteiger charge is -2.15. The van der Waals surface area contributed by atoms with Crippen LogP contribution in [-0.2, 0) is 11.2 Å². The lowest BCUT2D eigenvalue weighted by atomic mass is 10.1. The second-order valence-electron chi connectivity index (χ2n) is 5.89. The Morgan fingerprint density at radius 2 is 1.85 bits per heavy atom. The maximum Gasteiger partial charge on any atom is 0.171 e. The van der Waals surface area contributed by atoms with Gasteiger partial charge in [-0.2, -0.15) is 0 Å². The van der Waals surface area contributed by atoms with E-state index < -0.39 is 11.2 Å². The molecule has 0 aliphatic rings. The topological polar surface area (TPSA) is 60.9 Å². The lowest BCUT2D eigenvalue weighted by Crippen LogP contribution is -2.07. The van der Waals surface area contributed by atoms with Crippen molar-refractivity contribution in [3.63, 3.8) is 0 Å². The summed E-state index contributed by atoms with van der Waals surface area (Å²) in [5.74, 6) is 1.04. The van der Waals surface area contributed by atoms with Gasteiger partial charge in [0.15, 0.2) is 4.90 Å². The highest BCUT2D eigenvalue weighted by atomic mass is 32.2. The fourth-order valence-corrected chi connectivity index (χ4v) is 3.34. The zero-order valence-electron chi connectivity index (χ0n) is 14.6. The molecule has 134 valence electrons. The quantitative estimate of drug-likeness (QED) is 0.646. The van der Waals surface area contributed by atoms with Crippen molar-refractivity contribution < 1.29 is 8.94 Å². The maximum absolute atomic E-state index is 13.0. The highest BCUT2D eigenvalue weighted by molar-refractivity contribution is 7.91. The van der Waals surface area contributed by atoms with Gasteiger partial charge in [-0.25, -0.2) is 9.37 Å². The van der Waals surface area contributed by atoms with E-state index in [0.717, 1.165) is 27.4 Å². The number of aromatic nitrogens is 2. The maximum atomic E-state index is 13.0. The highest BCUT2D eigenvalue weighted by Crippen LogP contribution is 2.24. The number of nitrogens with zero attached hydrogens (tertiary/aromatic N) is 2. The minimum atomic E-state index is -1.03. The Kier molecular flexibility index (Phi) is 5.85. The van der Waals surface area contributed by atoms with Gasteiger partial charge in [-0.05, 0) is 54.9 Å². The molecular weight excluding hydrogens is 349 g/mol. The van der Waals surface area contributed by atoms with Crippen LogP contribution in [0.5, 0.6) is 0 Å². The van der Waals surface area contributed by atoms with Crippen molar-refractivity contribution in [2.75, 3.05) is 11.1 Å². The molecule has 0 spiro atoms. The molecule has 2 aromatic heterocycles.